The predicted octanol–water partition coefficient (Wildman–Crippen LogP) is 3.66. The maximum atomic E-state index is 11.0. The summed E-state index contributed by atoms with van der Waals surface area (Å²) in [5, 5.41) is 10.1. The summed E-state index contributed by atoms with van der Waals surface area (Å²) in [6.07, 6.45) is 10.6. The molecule has 136 valence electrons. The molecule has 0 saturated carbocycles. The molecule has 0 fully saturated rings. The number of rotatable bonds is 10. The van der Waals surface area contributed by atoms with Gasteiger partial charge in [0.05, 0.1) is 26.4 Å². The summed E-state index contributed by atoms with van der Waals surface area (Å²) in [4.78, 5) is 11.0. The Bertz CT molecular complexity index is 565. The minimum atomic E-state index is -0.412. The van der Waals surface area contributed by atoms with E-state index in [2.05, 4.69) is 23.0 Å². The van der Waals surface area contributed by atoms with Crippen LogP contribution in [0.5, 0.6) is 0 Å². The average molecular weight is 344 g/mol. The molecular weight excluding hydrogens is 316 g/mol. The summed E-state index contributed by atoms with van der Waals surface area (Å²) < 4.78 is 10.4. The lowest BCUT2D eigenvalue weighted by Gasteiger charge is -2.21. The lowest BCUT2D eigenvalue weighted by molar-refractivity contribution is -0.140. The summed E-state index contributed by atoms with van der Waals surface area (Å²) >= 11 is 0. The highest BCUT2D eigenvalue weighted by Gasteiger charge is 2.29. The Morgan fingerprint density at radius 2 is 2.00 bits per heavy atom. The summed E-state index contributed by atoms with van der Waals surface area (Å²) in [6.45, 7) is 1.21. The third kappa shape index (κ3) is 6.85. The van der Waals surface area contributed by atoms with E-state index in [9.17, 15) is 9.90 Å². The molecule has 0 aliphatic heterocycles. The first-order chi connectivity index (χ1) is 12.2. The number of hydrogen-bond donors (Lipinski definition) is 1. The molecule has 0 saturated heterocycles. The van der Waals surface area contributed by atoms with Gasteiger partial charge in [-0.2, -0.15) is 0 Å². The molecule has 1 aliphatic carbocycles. The second kappa shape index (κ2) is 10.9. The number of hydrogen-bond acceptors (Lipinski definition) is 4. The maximum Gasteiger partial charge on any atom is 0.305 e. The zero-order chi connectivity index (χ0) is 17.9. The van der Waals surface area contributed by atoms with E-state index in [1.165, 1.54) is 7.11 Å². The molecule has 4 heteroatoms. The lowest BCUT2D eigenvalue weighted by atomic mass is 9.91. The fourth-order valence-corrected chi connectivity index (χ4v) is 3.01. The first-order valence-electron chi connectivity index (χ1n) is 8.90. The Hall–Kier alpha value is -1.91. The Morgan fingerprint density at radius 1 is 1.20 bits per heavy atom. The van der Waals surface area contributed by atoms with Crippen LogP contribution in [-0.4, -0.2) is 30.9 Å². The van der Waals surface area contributed by atoms with Crippen molar-refractivity contribution in [1.82, 2.24) is 0 Å². The lowest BCUT2D eigenvalue weighted by Crippen LogP contribution is -2.23. The Kier molecular flexibility index (Phi) is 8.43. The second-order valence-electron chi connectivity index (χ2n) is 6.38. The predicted molar refractivity (Wildman–Crippen MR) is 97.8 cm³/mol. The van der Waals surface area contributed by atoms with E-state index >= 15 is 0 Å². The van der Waals surface area contributed by atoms with E-state index in [0.29, 0.717) is 19.6 Å². The quantitative estimate of drug-likeness (QED) is 0.400. The number of aliphatic hydroxyl groups excluding tert-OH is 1. The van der Waals surface area contributed by atoms with E-state index in [0.717, 1.165) is 24.8 Å². The largest absolute Gasteiger partial charge is 0.469 e. The summed E-state index contributed by atoms with van der Waals surface area (Å²) in [5.41, 5.74) is 1.16. The van der Waals surface area contributed by atoms with Crippen LogP contribution < -0.4 is 0 Å². The van der Waals surface area contributed by atoms with Crippen molar-refractivity contribution < 1.29 is 19.4 Å². The van der Waals surface area contributed by atoms with Crippen LogP contribution in [0.1, 0.15) is 31.2 Å². The van der Waals surface area contributed by atoms with Gasteiger partial charge in [-0.1, -0.05) is 54.6 Å². The molecule has 1 aromatic carbocycles. The first kappa shape index (κ1) is 19.4. The Labute approximate surface area is 150 Å². The SMILES string of the molecule is COC(=O)CCC/C=C/C[C@@H]1[C@H](O)C=C[C@H]1COCc1ccccc1. The fraction of sp³-hybridized carbons (Fsp3) is 0.476. The molecule has 1 N–H and O–H groups in total. The molecule has 0 heterocycles. The van der Waals surface area contributed by atoms with Crippen molar-refractivity contribution in [3.05, 3.63) is 60.2 Å². The van der Waals surface area contributed by atoms with Crippen LogP contribution in [0.15, 0.2) is 54.6 Å². The first-order valence-corrected chi connectivity index (χ1v) is 8.90. The molecule has 0 unspecified atom stereocenters. The standard InChI is InChI=1S/C21H28O4/c1-24-21(23)12-8-3-2-7-11-19-18(13-14-20(19)22)16-25-15-17-9-5-4-6-10-17/h2,4-7,9-10,13-14,18-20,22H,3,8,11-12,15-16H2,1H3/b7-2+/t18-,19-,20+/m0/s1. The molecular formula is C21H28O4. The van der Waals surface area contributed by atoms with Gasteiger partial charge in [0.1, 0.15) is 0 Å². The van der Waals surface area contributed by atoms with Crippen LogP contribution >= 0.6 is 0 Å². The number of carbonyl (C=O) groups excluding carboxylic acids is 1. The number of benzene rings is 1. The number of ether oxygens (including phenoxy) is 2. The summed E-state index contributed by atoms with van der Waals surface area (Å²) in [5.74, 6) is 0.227. The molecule has 1 aromatic rings. The van der Waals surface area contributed by atoms with E-state index in [1.54, 1.807) is 0 Å². The smallest absolute Gasteiger partial charge is 0.305 e. The topological polar surface area (TPSA) is 55.8 Å². The minimum absolute atomic E-state index is 0.160. The summed E-state index contributed by atoms with van der Waals surface area (Å²) in [7, 11) is 1.41. The van der Waals surface area contributed by atoms with Crippen molar-refractivity contribution in [1.29, 1.82) is 0 Å². The number of unbranched alkanes of at least 4 members (excludes halogenated alkanes) is 1. The zero-order valence-electron chi connectivity index (χ0n) is 14.8. The Balaban J connectivity index is 1.68. The van der Waals surface area contributed by atoms with Crippen molar-refractivity contribution >= 4 is 5.97 Å². The minimum Gasteiger partial charge on any atom is -0.469 e. The van der Waals surface area contributed by atoms with Crippen molar-refractivity contribution in [3.63, 3.8) is 0 Å². The van der Waals surface area contributed by atoms with Crippen molar-refractivity contribution in [3.8, 4) is 0 Å². The molecule has 0 aromatic heterocycles. The number of methoxy groups -OCH3 is 1. The van der Waals surface area contributed by atoms with Gasteiger partial charge < -0.3 is 14.6 Å². The van der Waals surface area contributed by atoms with Gasteiger partial charge >= 0.3 is 5.97 Å². The Morgan fingerprint density at radius 3 is 2.76 bits per heavy atom. The third-order valence-electron chi connectivity index (χ3n) is 4.52. The second-order valence-corrected chi connectivity index (χ2v) is 6.38. The molecule has 2 rings (SSSR count). The van der Waals surface area contributed by atoms with E-state index < -0.39 is 6.10 Å². The van der Waals surface area contributed by atoms with Gasteiger partial charge in [0.2, 0.25) is 0 Å². The van der Waals surface area contributed by atoms with Gasteiger partial charge in [0, 0.05) is 18.3 Å². The maximum absolute atomic E-state index is 11.0. The van der Waals surface area contributed by atoms with Gasteiger partial charge in [-0.25, -0.2) is 0 Å². The molecule has 3 atom stereocenters. The molecule has 4 nitrogen and oxygen atoms in total. The van der Waals surface area contributed by atoms with Crippen LogP contribution in [0.2, 0.25) is 0 Å². The van der Waals surface area contributed by atoms with Crippen LogP contribution in [0.4, 0.5) is 0 Å². The molecule has 0 radical (unpaired) electrons. The number of allylic oxidation sites excluding steroid dienone is 2. The van der Waals surface area contributed by atoms with E-state index in [1.807, 2.05) is 36.4 Å². The fourth-order valence-electron chi connectivity index (χ4n) is 3.01. The highest BCUT2D eigenvalue weighted by atomic mass is 16.5. The van der Waals surface area contributed by atoms with Gasteiger partial charge in [0.25, 0.3) is 0 Å². The van der Waals surface area contributed by atoms with Crippen LogP contribution in [-0.2, 0) is 20.9 Å². The monoisotopic (exact) mass is 344 g/mol. The van der Waals surface area contributed by atoms with E-state index in [-0.39, 0.29) is 17.8 Å². The van der Waals surface area contributed by atoms with Gasteiger partial charge in [0.15, 0.2) is 0 Å². The molecule has 1 aliphatic rings. The number of carbonyl (C=O) groups is 1. The number of aliphatic hydroxyl groups is 1. The van der Waals surface area contributed by atoms with Crippen LogP contribution in [0.25, 0.3) is 0 Å². The van der Waals surface area contributed by atoms with Gasteiger partial charge in [-0.15, -0.1) is 0 Å². The zero-order valence-corrected chi connectivity index (χ0v) is 14.8. The highest BCUT2D eigenvalue weighted by Crippen LogP contribution is 2.29. The molecule has 0 spiro atoms. The van der Waals surface area contributed by atoms with Crippen LogP contribution in [0, 0.1) is 11.8 Å². The van der Waals surface area contributed by atoms with Crippen molar-refractivity contribution in [2.24, 2.45) is 11.8 Å². The third-order valence-corrected chi connectivity index (χ3v) is 4.52. The normalized spacial score (nSPS) is 22.6. The molecule has 25 heavy (non-hydrogen) atoms. The van der Waals surface area contributed by atoms with Crippen molar-refractivity contribution in [2.45, 2.75) is 38.4 Å². The van der Waals surface area contributed by atoms with Gasteiger partial charge in [-0.3, -0.25) is 4.79 Å². The average Bonchev–Trinajstić information content (AvgIpc) is 2.98. The van der Waals surface area contributed by atoms with E-state index in [4.69, 9.17) is 4.74 Å². The van der Waals surface area contributed by atoms with Gasteiger partial charge in [-0.05, 0) is 24.8 Å². The molecule has 0 amide bonds. The van der Waals surface area contributed by atoms with Crippen molar-refractivity contribution in [2.75, 3.05) is 13.7 Å². The number of esters is 1. The highest BCUT2D eigenvalue weighted by molar-refractivity contribution is 5.69. The summed E-state index contributed by atoms with van der Waals surface area (Å²) in [6, 6.07) is 10.1. The van der Waals surface area contributed by atoms with Crippen LogP contribution in [0.3, 0.4) is 0 Å². The molecule has 0 bridgehead atoms.